The first-order valence-corrected chi connectivity index (χ1v) is 6.00. The van der Waals surface area contributed by atoms with E-state index < -0.39 is 0 Å². The second-order valence-electron chi connectivity index (χ2n) is 4.23. The van der Waals surface area contributed by atoms with E-state index in [-0.39, 0.29) is 19.1 Å². The molecule has 0 aliphatic carbocycles. The van der Waals surface area contributed by atoms with Crippen LogP contribution in [0.3, 0.4) is 0 Å². The molecule has 0 radical (unpaired) electrons. The number of carbonyl (C=O) groups is 1. The van der Waals surface area contributed by atoms with Gasteiger partial charge in [0.25, 0.3) is 5.91 Å². The third-order valence-corrected chi connectivity index (χ3v) is 2.86. The van der Waals surface area contributed by atoms with Crippen LogP contribution in [-0.2, 0) is 6.54 Å². The summed E-state index contributed by atoms with van der Waals surface area (Å²) < 4.78 is 5.47. The van der Waals surface area contributed by atoms with Gasteiger partial charge in [0.1, 0.15) is 5.76 Å². The fourth-order valence-corrected chi connectivity index (χ4v) is 2.00. The van der Waals surface area contributed by atoms with Gasteiger partial charge < -0.3 is 14.8 Å². The van der Waals surface area contributed by atoms with Crippen LogP contribution in [0.4, 0.5) is 0 Å². The maximum Gasteiger partial charge on any atom is 0.287 e. The van der Waals surface area contributed by atoms with Gasteiger partial charge in [-0.2, -0.15) is 0 Å². The lowest BCUT2D eigenvalue weighted by Crippen LogP contribution is -2.25. The molecule has 5 heteroatoms. The average molecular weight is 238 g/mol. The van der Waals surface area contributed by atoms with Crippen LogP contribution >= 0.6 is 0 Å². The molecular weight excluding hydrogens is 220 g/mol. The summed E-state index contributed by atoms with van der Waals surface area (Å²) in [5.41, 5.74) is 0. The molecule has 5 nitrogen and oxygen atoms in total. The van der Waals surface area contributed by atoms with Gasteiger partial charge in [0.05, 0.1) is 13.2 Å². The Hall–Kier alpha value is -1.33. The number of aliphatic hydroxyl groups excluding tert-OH is 1. The van der Waals surface area contributed by atoms with E-state index in [0.717, 1.165) is 25.4 Å². The van der Waals surface area contributed by atoms with Crippen LogP contribution in [0.25, 0.3) is 0 Å². The lowest BCUT2D eigenvalue weighted by molar-refractivity contribution is 0.0913. The molecule has 94 valence electrons. The van der Waals surface area contributed by atoms with Crippen molar-refractivity contribution in [2.45, 2.75) is 19.4 Å². The van der Waals surface area contributed by atoms with Gasteiger partial charge in [-0.25, -0.2) is 0 Å². The fraction of sp³-hybridized carbons (Fsp3) is 0.583. The lowest BCUT2D eigenvalue weighted by Gasteiger charge is -2.11. The Morgan fingerprint density at radius 3 is 2.88 bits per heavy atom. The minimum absolute atomic E-state index is 0.0624. The highest BCUT2D eigenvalue weighted by Gasteiger charge is 2.15. The van der Waals surface area contributed by atoms with Gasteiger partial charge >= 0.3 is 0 Å². The molecule has 0 atom stereocenters. The smallest absolute Gasteiger partial charge is 0.287 e. The van der Waals surface area contributed by atoms with E-state index in [1.165, 1.54) is 12.8 Å². The standard InChI is InChI=1S/C12H18N2O3/c15-8-5-13-12(16)11-4-3-10(17-11)9-14-6-1-2-7-14/h3-4,15H,1-2,5-9H2,(H,13,16). The number of aliphatic hydroxyl groups is 1. The van der Waals surface area contributed by atoms with Crippen LogP contribution in [0.2, 0.25) is 0 Å². The van der Waals surface area contributed by atoms with E-state index in [0.29, 0.717) is 5.76 Å². The molecule has 2 rings (SSSR count). The van der Waals surface area contributed by atoms with Crippen molar-refractivity contribution in [3.8, 4) is 0 Å². The maximum absolute atomic E-state index is 11.5. The second-order valence-corrected chi connectivity index (χ2v) is 4.23. The van der Waals surface area contributed by atoms with Crippen molar-refractivity contribution in [1.29, 1.82) is 0 Å². The molecule has 1 amide bonds. The average Bonchev–Trinajstić information content (AvgIpc) is 2.98. The summed E-state index contributed by atoms with van der Waals surface area (Å²) in [5.74, 6) is 0.861. The van der Waals surface area contributed by atoms with E-state index in [9.17, 15) is 4.79 Å². The van der Waals surface area contributed by atoms with Gasteiger partial charge in [0, 0.05) is 6.54 Å². The second kappa shape index (κ2) is 5.84. The van der Waals surface area contributed by atoms with E-state index in [4.69, 9.17) is 9.52 Å². The number of nitrogens with zero attached hydrogens (tertiary/aromatic N) is 1. The number of likely N-dealkylation sites (tertiary alicyclic amines) is 1. The summed E-state index contributed by atoms with van der Waals surface area (Å²) in [6.45, 7) is 3.17. The molecule has 0 bridgehead atoms. The molecule has 0 unspecified atom stereocenters. The molecule has 1 fully saturated rings. The molecule has 0 spiro atoms. The van der Waals surface area contributed by atoms with Crippen molar-refractivity contribution in [2.75, 3.05) is 26.2 Å². The Morgan fingerprint density at radius 2 is 2.18 bits per heavy atom. The minimum atomic E-state index is -0.272. The zero-order valence-corrected chi connectivity index (χ0v) is 9.82. The fourth-order valence-electron chi connectivity index (χ4n) is 2.00. The summed E-state index contributed by atoms with van der Waals surface area (Å²) in [6.07, 6.45) is 2.48. The zero-order valence-electron chi connectivity index (χ0n) is 9.82. The molecule has 0 aromatic carbocycles. The molecule has 2 heterocycles. The van der Waals surface area contributed by atoms with Gasteiger partial charge in [-0.1, -0.05) is 0 Å². The number of amides is 1. The summed E-state index contributed by atoms with van der Waals surface area (Å²) in [6, 6.07) is 3.52. The summed E-state index contributed by atoms with van der Waals surface area (Å²) in [5, 5.41) is 11.2. The Labute approximate surface area is 100 Å². The normalized spacial score (nSPS) is 16.3. The molecule has 0 saturated carbocycles. The van der Waals surface area contributed by atoms with E-state index >= 15 is 0 Å². The van der Waals surface area contributed by atoms with Gasteiger partial charge in [-0.05, 0) is 38.1 Å². The van der Waals surface area contributed by atoms with E-state index in [2.05, 4.69) is 10.2 Å². The van der Waals surface area contributed by atoms with Crippen LogP contribution < -0.4 is 5.32 Å². The number of furan rings is 1. The Balaban J connectivity index is 1.88. The third-order valence-electron chi connectivity index (χ3n) is 2.86. The van der Waals surface area contributed by atoms with Gasteiger partial charge in [-0.3, -0.25) is 9.69 Å². The number of rotatable bonds is 5. The summed E-state index contributed by atoms with van der Waals surface area (Å²) in [4.78, 5) is 13.8. The van der Waals surface area contributed by atoms with E-state index in [1.807, 2.05) is 6.07 Å². The maximum atomic E-state index is 11.5. The summed E-state index contributed by atoms with van der Waals surface area (Å²) in [7, 11) is 0. The Kier molecular flexibility index (Phi) is 4.17. The monoisotopic (exact) mass is 238 g/mol. The Morgan fingerprint density at radius 1 is 1.41 bits per heavy atom. The van der Waals surface area contributed by atoms with Crippen LogP contribution in [0.15, 0.2) is 16.5 Å². The van der Waals surface area contributed by atoms with Crippen molar-refractivity contribution in [3.63, 3.8) is 0 Å². The number of hydrogen-bond donors (Lipinski definition) is 2. The first-order chi connectivity index (χ1) is 8.29. The van der Waals surface area contributed by atoms with Gasteiger partial charge in [0.15, 0.2) is 5.76 Å². The van der Waals surface area contributed by atoms with Gasteiger partial charge in [-0.15, -0.1) is 0 Å². The van der Waals surface area contributed by atoms with Crippen molar-refractivity contribution >= 4 is 5.91 Å². The summed E-state index contributed by atoms with van der Waals surface area (Å²) >= 11 is 0. The van der Waals surface area contributed by atoms with Crippen molar-refractivity contribution in [2.24, 2.45) is 0 Å². The highest BCUT2D eigenvalue weighted by Crippen LogP contribution is 2.14. The Bertz CT molecular complexity index is 370. The molecule has 17 heavy (non-hydrogen) atoms. The van der Waals surface area contributed by atoms with Crippen molar-refractivity contribution in [1.82, 2.24) is 10.2 Å². The minimum Gasteiger partial charge on any atom is -0.455 e. The molecular formula is C12H18N2O3. The predicted molar refractivity (Wildman–Crippen MR) is 62.6 cm³/mol. The van der Waals surface area contributed by atoms with Crippen LogP contribution in [0.1, 0.15) is 29.2 Å². The molecule has 1 aliphatic rings. The number of carbonyl (C=O) groups excluding carboxylic acids is 1. The first-order valence-electron chi connectivity index (χ1n) is 6.00. The quantitative estimate of drug-likeness (QED) is 0.788. The van der Waals surface area contributed by atoms with Crippen LogP contribution in [0.5, 0.6) is 0 Å². The van der Waals surface area contributed by atoms with Crippen LogP contribution in [-0.4, -0.2) is 42.2 Å². The number of hydrogen-bond acceptors (Lipinski definition) is 4. The third kappa shape index (κ3) is 3.31. The predicted octanol–water partition coefficient (Wildman–Crippen LogP) is 0.597. The first kappa shape index (κ1) is 12.1. The van der Waals surface area contributed by atoms with E-state index in [1.54, 1.807) is 6.07 Å². The molecule has 1 aromatic rings. The molecule has 1 aliphatic heterocycles. The van der Waals surface area contributed by atoms with Crippen molar-refractivity contribution in [3.05, 3.63) is 23.7 Å². The largest absolute Gasteiger partial charge is 0.455 e. The highest BCUT2D eigenvalue weighted by molar-refractivity contribution is 5.91. The highest BCUT2D eigenvalue weighted by atomic mass is 16.4. The zero-order chi connectivity index (χ0) is 12.1. The molecule has 2 N–H and O–H groups in total. The lowest BCUT2D eigenvalue weighted by atomic mass is 10.4. The van der Waals surface area contributed by atoms with Crippen LogP contribution in [0, 0.1) is 0 Å². The number of nitrogens with one attached hydrogen (secondary N) is 1. The van der Waals surface area contributed by atoms with Gasteiger partial charge in [0.2, 0.25) is 0 Å². The SMILES string of the molecule is O=C(NCCO)c1ccc(CN2CCCC2)o1. The topological polar surface area (TPSA) is 65.7 Å². The molecule has 1 aromatic heterocycles. The molecule has 1 saturated heterocycles. The van der Waals surface area contributed by atoms with Crippen molar-refractivity contribution < 1.29 is 14.3 Å².